The number of carbonyl (C=O) groups excluding carboxylic acids is 1. The fourth-order valence-corrected chi connectivity index (χ4v) is 3.69. The van der Waals surface area contributed by atoms with Crippen LogP contribution in [0.15, 0.2) is 42.9 Å². The van der Waals surface area contributed by atoms with Crippen LogP contribution in [0.3, 0.4) is 0 Å². The highest BCUT2D eigenvalue weighted by atomic mass is 16.1. The van der Waals surface area contributed by atoms with Gasteiger partial charge in [0.1, 0.15) is 5.69 Å². The predicted molar refractivity (Wildman–Crippen MR) is 91.7 cm³/mol. The Labute approximate surface area is 139 Å². The number of allylic oxidation sites excluding steroid dienone is 1. The smallest absolute Gasteiger partial charge is 0.211 e. The van der Waals surface area contributed by atoms with E-state index in [4.69, 9.17) is 0 Å². The summed E-state index contributed by atoms with van der Waals surface area (Å²) in [5.41, 5.74) is 7.67. The van der Waals surface area contributed by atoms with Gasteiger partial charge in [-0.2, -0.15) is 0 Å². The summed E-state index contributed by atoms with van der Waals surface area (Å²) in [6.45, 7) is 0. The maximum atomic E-state index is 13.3. The first-order valence-corrected chi connectivity index (χ1v) is 8.03. The van der Waals surface area contributed by atoms with Crippen LogP contribution < -0.4 is 0 Å². The van der Waals surface area contributed by atoms with E-state index in [9.17, 15) is 4.79 Å². The summed E-state index contributed by atoms with van der Waals surface area (Å²) >= 11 is 0. The molecule has 0 fully saturated rings. The van der Waals surface area contributed by atoms with Crippen molar-refractivity contribution in [3.63, 3.8) is 0 Å². The van der Waals surface area contributed by atoms with Crippen molar-refractivity contribution in [2.24, 2.45) is 7.05 Å². The largest absolute Gasteiger partial charge is 0.331 e. The van der Waals surface area contributed by atoms with Gasteiger partial charge in [-0.3, -0.25) is 9.78 Å². The molecule has 2 aromatic heterocycles. The van der Waals surface area contributed by atoms with E-state index in [-0.39, 0.29) is 5.78 Å². The molecule has 24 heavy (non-hydrogen) atoms. The van der Waals surface area contributed by atoms with Crippen molar-refractivity contribution < 1.29 is 4.79 Å². The van der Waals surface area contributed by atoms with Crippen molar-refractivity contribution in [1.29, 1.82) is 0 Å². The fourth-order valence-electron chi connectivity index (χ4n) is 3.69. The van der Waals surface area contributed by atoms with Gasteiger partial charge in [0, 0.05) is 31.7 Å². The third-order valence-corrected chi connectivity index (χ3v) is 4.89. The zero-order valence-corrected chi connectivity index (χ0v) is 13.3. The molecule has 0 radical (unpaired) electrons. The summed E-state index contributed by atoms with van der Waals surface area (Å²) in [6, 6.07) is 10.4. The molecule has 2 aliphatic rings. The van der Waals surface area contributed by atoms with Crippen LogP contribution in [0.5, 0.6) is 0 Å². The van der Waals surface area contributed by atoms with E-state index < -0.39 is 0 Å². The molecule has 2 bridgehead atoms. The molecule has 0 atom stereocenters. The second kappa shape index (κ2) is 4.74. The number of aryl methyl sites for hydroxylation is 1. The topological polar surface area (TPSA) is 47.8 Å². The minimum absolute atomic E-state index is 0.0415. The number of rotatable bonds is 0. The van der Waals surface area contributed by atoms with E-state index in [1.54, 1.807) is 6.33 Å². The van der Waals surface area contributed by atoms with Gasteiger partial charge in [0.25, 0.3) is 0 Å². The number of benzene rings is 1. The molecule has 4 nitrogen and oxygen atoms in total. The van der Waals surface area contributed by atoms with Crippen molar-refractivity contribution in [3.05, 3.63) is 82.2 Å². The molecular formula is C20H15N3O. The number of imidazole rings is 1. The van der Waals surface area contributed by atoms with Crippen LogP contribution in [0, 0.1) is 0 Å². The molecular weight excluding hydrogens is 298 g/mol. The monoisotopic (exact) mass is 313 g/mol. The minimum atomic E-state index is 0.0415. The Morgan fingerprint density at radius 3 is 2.92 bits per heavy atom. The first-order valence-electron chi connectivity index (χ1n) is 8.03. The highest BCUT2D eigenvalue weighted by Crippen LogP contribution is 2.35. The number of Topliss-reactive ketones (excluding diaryl/α,β-unsaturated/α-hetero) is 1. The van der Waals surface area contributed by atoms with Gasteiger partial charge in [0.2, 0.25) is 5.78 Å². The molecule has 0 amide bonds. The van der Waals surface area contributed by atoms with Gasteiger partial charge in [-0.05, 0) is 34.4 Å². The van der Waals surface area contributed by atoms with Crippen LogP contribution in [0.4, 0.5) is 0 Å². The Balaban J connectivity index is 1.86. The van der Waals surface area contributed by atoms with Gasteiger partial charge in [-0.1, -0.05) is 24.3 Å². The lowest BCUT2D eigenvalue weighted by Gasteiger charge is -2.16. The maximum absolute atomic E-state index is 13.3. The van der Waals surface area contributed by atoms with Gasteiger partial charge < -0.3 is 4.57 Å². The minimum Gasteiger partial charge on any atom is -0.331 e. The average Bonchev–Trinajstić information content (AvgIpc) is 2.85. The molecule has 5 rings (SSSR count). The Kier molecular flexibility index (Phi) is 2.65. The van der Waals surface area contributed by atoms with Crippen LogP contribution >= 0.6 is 0 Å². The van der Waals surface area contributed by atoms with Crippen LogP contribution in [-0.2, 0) is 19.9 Å². The van der Waals surface area contributed by atoms with E-state index in [1.807, 2.05) is 36.0 Å². The molecule has 0 unspecified atom stereocenters. The number of aromatic nitrogens is 3. The van der Waals surface area contributed by atoms with E-state index in [2.05, 4.69) is 28.2 Å². The molecule has 2 heterocycles. The first kappa shape index (κ1) is 13.4. The van der Waals surface area contributed by atoms with Crippen molar-refractivity contribution in [2.45, 2.75) is 12.8 Å². The van der Waals surface area contributed by atoms with Gasteiger partial charge in [0.15, 0.2) is 0 Å². The summed E-state index contributed by atoms with van der Waals surface area (Å²) in [5.74, 6) is 0.0415. The molecule has 3 aromatic rings. The van der Waals surface area contributed by atoms with E-state index in [0.29, 0.717) is 12.1 Å². The number of carbonyl (C=O) groups is 1. The normalized spacial score (nSPS) is 14.9. The molecule has 0 aliphatic heterocycles. The lowest BCUT2D eigenvalue weighted by Crippen LogP contribution is -2.14. The number of nitrogens with zero attached hydrogens (tertiary/aromatic N) is 3. The number of ketones is 1. The van der Waals surface area contributed by atoms with Gasteiger partial charge >= 0.3 is 0 Å². The quantitative estimate of drug-likeness (QED) is 0.641. The van der Waals surface area contributed by atoms with Crippen molar-refractivity contribution in [3.8, 4) is 0 Å². The van der Waals surface area contributed by atoms with Gasteiger partial charge in [-0.25, -0.2) is 4.98 Å². The first-order chi connectivity index (χ1) is 11.7. The van der Waals surface area contributed by atoms with E-state index in [1.165, 1.54) is 5.56 Å². The Bertz CT molecular complexity index is 1040. The predicted octanol–water partition coefficient (Wildman–Crippen LogP) is 3.05. The van der Waals surface area contributed by atoms with Gasteiger partial charge in [-0.15, -0.1) is 0 Å². The Hall–Kier alpha value is -3.01. The van der Waals surface area contributed by atoms with Crippen molar-refractivity contribution >= 4 is 17.4 Å². The van der Waals surface area contributed by atoms with Crippen LogP contribution in [0.25, 0.3) is 11.6 Å². The van der Waals surface area contributed by atoms with Crippen molar-refractivity contribution in [2.75, 3.05) is 0 Å². The number of hydrogen-bond acceptors (Lipinski definition) is 3. The Morgan fingerprint density at radius 1 is 1.08 bits per heavy atom. The third kappa shape index (κ3) is 1.83. The standard InChI is InChI=1S/C20H15N3O/c1-23-11-22-18-8-12-4-5-13-10-17-14(3-2-6-21-17)9-16(15(13)7-12)20(24)19(18)23/h2-7,9,11H,8,10H2,1H3. The second-order valence-corrected chi connectivity index (χ2v) is 6.42. The average molecular weight is 313 g/mol. The fraction of sp³-hybridized carbons (Fsp3) is 0.150. The maximum Gasteiger partial charge on any atom is 0.211 e. The summed E-state index contributed by atoms with van der Waals surface area (Å²) in [7, 11) is 1.88. The molecule has 0 saturated heterocycles. The van der Waals surface area contributed by atoms with E-state index in [0.717, 1.165) is 40.1 Å². The molecule has 0 spiro atoms. The lowest BCUT2D eigenvalue weighted by atomic mass is 9.88. The number of fused-ring (bicyclic) bond motifs is 3. The molecule has 2 aliphatic carbocycles. The highest BCUT2D eigenvalue weighted by Gasteiger charge is 2.28. The highest BCUT2D eigenvalue weighted by molar-refractivity contribution is 6.33. The summed E-state index contributed by atoms with van der Waals surface area (Å²) in [5, 5.41) is 0. The van der Waals surface area contributed by atoms with Crippen molar-refractivity contribution in [1.82, 2.24) is 14.5 Å². The molecule has 0 saturated carbocycles. The zero-order valence-electron chi connectivity index (χ0n) is 13.3. The molecule has 0 N–H and O–H groups in total. The number of hydrogen-bond donors (Lipinski definition) is 0. The van der Waals surface area contributed by atoms with Crippen LogP contribution in [0.2, 0.25) is 0 Å². The summed E-state index contributed by atoms with van der Waals surface area (Å²) in [4.78, 5) is 22.3. The SMILES string of the molecule is Cn1cnc2c1C(=O)C1=Cc3cccnc3Cc3ccc(cc31)C2. The van der Waals surface area contributed by atoms with Crippen LogP contribution in [0.1, 0.15) is 44.1 Å². The van der Waals surface area contributed by atoms with Gasteiger partial charge in [0.05, 0.1) is 17.7 Å². The molecule has 1 aromatic carbocycles. The van der Waals surface area contributed by atoms with E-state index >= 15 is 0 Å². The zero-order chi connectivity index (χ0) is 16.3. The molecule has 4 heteroatoms. The Morgan fingerprint density at radius 2 is 2.00 bits per heavy atom. The number of pyridine rings is 1. The molecule has 116 valence electrons. The second-order valence-electron chi connectivity index (χ2n) is 6.42. The summed E-state index contributed by atoms with van der Waals surface area (Å²) < 4.78 is 1.83. The van der Waals surface area contributed by atoms with Crippen LogP contribution in [-0.4, -0.2) is 20.3 Å². The summed E-state index contributed by atoms with van der Waals surface area (Å²) in [6.07, 6.45) is 6.96. The third-order valence-electron chi connectivity index (χ3n) is 4.89. The lowest BCUT2D eigenvalue weighted by molar-refractivity contribution is 0.104.